The Morgan fingerprint density at radius 2 is 0.741 bits per heavy atom. The van der Waals surface area contributed by atoms with Crippen molar-refractivity contribution in [2.75, 3.05) is 19.8 Å². The number of allylic oxidation sites excluding steroid dienone is 3. The van der Waals surface area contributed by atoms with Gasteiger partial charge in [0, 0.05) is 16.7 Å². The summed E-state index contributed by atoms with van der Waals surface area (Å²) in [6.07, 6.45) is 7.77. The van der Waals surface area contributed by atoms with Crippen LogP contribution in [-0.4, -0.2) is 34.8 Å². The van der Waals surface area contributed by atoms with Crippen LogP contribution >= 0.6 is 0 Å². The van der Waals surface area contributed by atoms with E-state index in [-0.39, 0.29) is 18.0 Å². The monoisotopic (exact) mass is 735 g/mol. The third-order valence-corrected chi connectivity index (χ3v) is 8.05. The highest BCUT2D eigenvalue weighted by atomic mass is 16.5. The van der Waals surface area contributed by atoms with E-state index in [0.29, 0.717) is 56.3 Å². The van der Waals surface area contributed by atoms with Crippen LogP contribution in [0, 0.1) is 0 Å². The average Bonchev–Trinajstić information content (AvgIpc) is 3.11. The van der Waals surface area contributed by atoms with Crippen LogP contribution in [-0.2, 0) is 19.3 Å². The van der Waals surface area contributed by atoms with E-state index in [9.17, 15) is 0 Å². The third-order valence-electron chi connectivity index (χ3n) is 8.05. The molecule has 0 radical (unpaired) electrons. The van der Waals surface area contributed by atoms with Crippen molar-refractivity contribution in [1.82, 2.24) is 15.0 Å². The largest absolute Gasteiger partial charge is 0.494 e. The Kier molecular flexibility index (Phi) is 16.4. The number of hydrogen-bond acceptors (Lipinski definition) is 9. The second-order valence-corrected chi connectivity index (χ2v) is 13.8. The quantitative estimate of drug-likeness (QED) is 0.0515. The van der Waals surface area contributed by atoms with Crippen LogP contribution in [0.15, 0.2) is 91.1 Å². The third kappa shape index (κ3) is 13.6. The molecule has 0 saturated carbocycles. The lowest BCUT2D eigenvalue weighted by Gasteiger charge is -2.16. The van der Waals surface area contributed by atoms with Crippen LogP contribution in [0.25, 0.3) is 0 Å². The van der Waals surface area contributed by atoms with Gasteiger partial charge in [0.1, 0.15) is 34.5 Å². The van der Waals surface area contributed by atoms with E-state index in [1.165, 1.54) is 0 Å². The molecule has 0 N–H and O–H groups in total. The standard InChI is InChI=1S/C45H57N3O6/c1-10-13-22-49-37-16-19-40(34(28-37)25-31(4)5)52-43-46-44(53-41-20-17-38(50-23-14-11-2)29-35(41)26-32(6)7)48-45(47-43)54-42-21-18-39(51-24-15-12-3)30-36(42)27-33(8)9/h16-21,28-30H,4,6,8,10-15,22-27H2,1-3,5,7,9H3. The van der Waals surface area contributed by atoms with Gasteiger partial charge in [0.05, 0.1) is 19.8 Å². The summed E-state index contributed by atoms with van der Waals surface area (Å²) in [6.45, 7) is 26.6. The highest BCUT2D eigenvalue weighted by Gasteiger charge is 2.18. The van der Waals surface area contributed by atoms with Crippen LogP contribution in [0.1, 0.15) is 96.8 Å². The van der Waals surface area contributed by atoms with Crippen molar-refractivity contribution in [3.05, 3.63) is 108 Å². The molecule has 0 aliphatic carbocycles. The average molecular weight is 736 g/mol. The number of nitrogens with zero attached hydrogens (tertiary/aromatic N) is 3. The maximum absolute atomic E-state index is 6.40. The van der Waals surface area contributed by atoms with Crippen LogP contribution in [0.4, 0.5) is 0 Å². The van der Waals surface area contributed by atoms with Crippen molar-refractivity contribution in [2.24, 2.45) is 0 Å². The maximum Gasteiger partial charge on any atom is 0.331 e. The highest BCUT2D eigenvalue weighted by Crippen LogP contribution is 2.35. The van der Waals surface area contributed by atoms with E-state index >= 15 is 0 Å². The number of benzene rings is 3. The summed E-state index contributed by atoms with van der Waals surface area (Å²) in [5.41, 5.74) is 5.54. The van der Waals surface area contributed by atoms with Crippen LogP contribution in [0.3, 0.4) is 0 Å². The first-order chi connectivity index (χ1) is 26.1. The molecule has 0 bridgehead atoms. The first-order valence-electron chi connectivity index (χ1n) is 19.1. The Hall–Kier alpha value is -5.31. The number of hydrogen-bond donors (Lipinski definition) is 0. The predicted molar refractivity (Wildman–Crippen MR) is 216 cm³/mol. The molecule has 9 heteroatoms. The highest BCUT2D eigenvalue weighted by molar-refractivity contribution is 5.46. The Labute approximate surface area is 322 Å². The lowest BCUT2D eigenvalue weighted by molar-refractivity contribution is 0.307. The molecule has 1 heterocycles. The van der Waals surface area contributed by atoms with Gasteiger partial charge in [-0.2, -0.15) is 0 Å². The normalized spacial score (nSPS) is 10.8. The summed E-state index contributed by atoms with van der Waals surface area (Å²) in [7, 11) is 0. The van der Waals surface area contributed by atoms with E-state index in [1.54, 1.807) is 0 Å². The van der Waals surface area contributed by atoms with Gasteiger partial charge in [0.25, 0.3) is 0 Å². The summed E-state index contributed by atoms with van der Waals surface area (Å²) in [5, 5.41) is 0. The van der Waals surface area contributed by atoms with Gasteiger partial charge in [-0.3, -0.25) is 0 Å². The fraction of sp³-hybridized carbons (Fsp3) is 0.400. The minimum atomic E-state index is -0.000410. The smallest absolute Gasteiger partial charge is 0.331 e. The summed E-state index contributed by atoms with van der Waals surface area (Å²) in [5.74, 6) is 3.94. The number of rotatable bonds is 24. The van der Waals surface area contributed by atoms with E-state index in [0.717, 1.165) is 89.2 Å². The minimum Gasteiger partial charge on any atom is -0.494 e. The molecule has 0 unspecified atom stereocenters. The van der Waals surface area contributed by atoms with Gasteiger partial charge < -0.3 is 28.4 Å². The zero-order valence-corrected chi connectivity index (χ0v) is 33.1. The first kappa shape index (κ1) is 41.4. The van der Waals surface area contributed by atoms with E-state index in [2.05, 4.69) is 55.5 Å². The molecule has 54 heavy (non-hydrogen) atoms. The summed E-state index contributed by atoms with van der Waals surface area (Å²) >= 11 is 0. The summed E-state index contributed by atoms with van der Waals surface area (Å²) in [6, 6.07) is 17.1. The minimum absolute atomic E-state index is 0.000410. The second-order valence-electron chi connectivity index (χ2n) is 13.8. The Bertz CT molecular complexity index is 1650. The first-order valence-corrected chi connectivity index (χ1v) is 19.1. The van der Waals surface area contributed by atoms with Crippen LogP contribution < -0.4 is 28.4 Å². The van der Waals surface area contributed by atoms with Crippen LogP contribution in [0.2, 0.25) is 0 Å². The SMILES string of the molecule is C=C(C)Cc1cc(OCCCC)ccc1Oc1nc(Oc2ccc(OCCCC)cc2CC(=C)C)nc(Oc2ccc(OCCCC)cc2CC(=C)C)n1. The number of aromatic nitrogens is 3. The molecule has 1 aromatic heterocycles. The summed E-state index contributed by atoms with van der Waals surface area (Å²) in [4.78, 5) is 13.8. The molecule has 0 saturated heterocycles. The molecule has 4 aromatic rings. The molecule has 0 spiro atoms. The van der Waals surface area contributed by atoms with Gasteiger partial charge in [-0.15, -0.1) is 15.0 Å². The Morgan fingerprint density at radius 3 is 0.981 bits per heavy atom. The molecule has 0 atom stereocenters. The fourth-order valence-corrected chi connectivity index (χ4v) is 5.38. The molecule has 3 aromatic carbocycles. The molecular weight excluding hydrogens is 679 g/mol. The molecule has 0 aliphatic rings. The van der Waals surface area contributed by atoms with E-state index in [1.807, 2.05) is 75.4 Å². The van der Waals surface area contributed by atoms with Gasteiger partial charge in [-0.1, -0.05) is 76.5 Å². The van der Waals surface area contributed by atoms with Gasteiger partial charge >= 0.3 is 18.0 Å². The second kappa shape index (κ2) is 21.4. The molecule has 0 aliphatic heterocycles. The Balaban J connectivity index is 1.76. The van der Waals surface area contributed by atoms with Gasteiger partial charge in [0.15, 0.2) is 0 Å². The van der Waals surface area contributed by atoms with E-state index < -0.39 is 0 Å². The lowest BCUT2D eigenvalue weighted by Crippen LogP contribution is -2.05. The molecule has 9 nitrogen and oxygen atoms in total. The van der Waals surface area contributed by atoms with Gasteiger partial charge in [-0.25, -0.2) is 0 Å². The molecule has 0 fully saturated rings. The summed E-state index contributed by atoms with van der Waals surface area (Å²) < 4.78 is 37.2. The van der Waals surface area contributed by atoms with Crippen molar-refractivity contribution in [2.45, 2.75) is 99.3 Å². The van der Waals surface area contributed by atoms with Crippen molar-refractivity contribution >= 4 is 0 Å². The zero-order chi connectivity index (χ0) is 38.9. The van der Waals surface area contributed by atoms with Crippen molar-refractivity contribution in [3.63, 3.8) is 0 Å². The van der Waals surface area contributed by atoms with E-state index in [4.69, 9.17) is 28.4 Å². The number of ether oxygens (including phenoxy) is 6. The predicted octanol–water partition coefficient (Wildman–Crippen LogP) is 12.1. The topological polar surface area (TPSA) is 94.1 Å². The fourth-order valence-electron chi connectivity index (χ4n) is 5.38. The number of unbranched alkanes of at least 4 members (excludes halogenated alkanes) is 3. The van der Waals surface area contributed by atoms with Crippen LogP contribution in [0.5, 0.6) is 52.5 Å². The van der Waals surface area contributed by atoms with Gasteiger partial charge in [0.2, 0.25) is 0 Å². The van der Waals surface area contributed by atoms with Crippen molar-refractivity contribution < 1.29 is 28.4 Å². The molecule has 288 valence electrons. The molecular formula is C45H57N3O6. The molecule has 0 amide bonds. The maximum atomic E-state index is 6.40. The zero-order valence-electron chi connectivity index (χ0n) is 33.1. The van der Waals surface area contributed by atoms with Crippen molar-refractivity contribution in [3.8, 4) is 52.5 Å². The van der Waals surface area contributed by atoms with Crippen molar-refractivity contribution in [1.29, 1.82) is 0 Å². The Morgan fingerprint density at radius 1 is 0.463 bits per heavy atom. The van der Waals surface area contributed by atoms with Gasteiger partial charge in [-0.05, 0) is 114 Å². The molecule has 4 rings (SSSR count). The lowest BCUT2D eigenvalue weighted by atomic mass is 10.1.